The number of aryl methyl sites for hydroxylation is 1. The maximum atomic E-state index is 12.2. The fourth-order valence-corrected chi connectivity index (χ4v) is 2.38. The molecule has 0 spiro atoms. The average Bonchev–Trinajstić information content (AvgIpc) is 2.39. The van der Waals surface area contributed by atoms with Gasteiger partial charge in [-0.2, -0.15) is 0 Å². The van der Waals surface area contributed by atoms with Gasteiger partial charge in [0.25, 0.3) is 0 Å². The van der Waals surface area contributed by atoms with E-state index in [2.05, 4.69) is 0 Å². The molecule has 1 aliphatic rings. The molecule has 1 aromatic rings. The molecule has 0 unspecified atom stereocenters. The van der Waals surface area contributed by atoms with Crippen LogP contribution in [0.25, 0.3) is 0 Å². The molecule has 1 fully saturated rings. The smallest absolute Gasteiger partial charge is 0.163 e. The van der Waals surface area contributed by atoms with Crippen molar-refractivity contribution in [3.8, 4) is 5.75 Å². The van der Waals surface area contributed by atoms with Gasteiger partial charge in [-0.25, -0.2) is 0 Å². The lowest BCUT2D eigenvalue weighted by Crippen LogP contribution is -2.18. The number of hydrogen-bond donors (Lipinski definition) is 0. The van der Waals surface area contributed by atoms with Crippen molar-refractivity contribution >= 4 is 5.78 Å². The summed E-state index contributed by atoms with van der Waals surface area (Å²) in [5.74, 6) is 1.54. The Morgan fingerprint density at radius 2 is 2.11 bits per heavy atom. The van der Waals surface area contributed by atoms with Crippen LogP contribution in [0.4, 0.5) is 0 Å². The molecule has 0 radical (unpaired) electrons. The molecule has 3 heteroatoms. The monoisotopic (exact) mass is 248 g/mol. The van der Waals surface area contributed by atoms with E-state index in [0.717, 1.165) is 42.9 Å². The van der Waals surface area contributed by atoms with Crippen molar-refractivity contribution in [2.45, 2.75) is 26.2 Å². The number of Topliss-reactive ketones (excluding diaryl/α,β-unsaturated/α-hetero) is 1. The number of hydrogen-bond acceptors (Lipinski definition) is 3. The standard InChI is InChI=1S/C15H20O3/c1-11-9-13(3-4-15(11)17-2)14(16)10-12-5-7-18-8-6-12/h3-4,9,12H,5-8,10H2,1-2H3. The van der Waals surface area contributed by atoms with Gasteiger partial charge in [0.05, 0.1) is 7.11 Å². The van der Waals surface area contributed by atoms with E-state index in [1.165, 1.54) is 0 Å². The molecular formula is C15H20O3. The third-order valence-electron chi connectivity index (χ3n) is 3.53. The highest BCUT2D eigenvalue weighted by atomic mass is 16.5. The van der Waals surface area contributed by atoms with E-state index in [9.17, 15) is 4.79 Å². The number of methoxy groups -OCH3 is 1. The molecule has 1 aromatic carbocycles. The Morgan fingerprint density at radius 1 is 1.39 bits per heavy atom. The van der Waals surface area contributed by atoms with Crippen LogP contribution in [0.15, 0.2) is 18.2 Å². The van der Waals surface area contributed by atoms with Gasteiger partial charge < -0.3 is 9.47 Å². The topological polar surface area (TPSA) is 35.5 Å². The largest absolute Gasteiger partial charge is 0.496 e. The first-order valence-electron chi connectivity index (χ1n) is 6.46. The summed E-state index contributed by atoms with van der Waals surface area (Å²) in [5.41, 5.74) is 1.80. The third-order valence-corrected chi connectivity index (χ3v) is 3.53. The molecule has 0 saturated carbocycles. The zero-order valence-electron chi connectivity index (χ0n) is 11.1. The second kappa shape index (κ2) is 6.01. The van der Waals surface area contributed by atoms with Gasteiger partial charge in [-0.1, -0.05) is 0 Å². The lowest BCUT2D eigenvalue weighted by molar-refractivity contribution is 0.0601. The van der Waals surface area contributed by atoms with E-state index in [1.54, 1.807) is 7.11 Å². The van der Waals surface area contributed by atoms with Crippen LogP contribution in [0.5, 0.6) is 5.75 Å². The van der Waals surface area contributed by atoms with Gasteiger partial charge in [0.1, 0.15) is 5.75 Å². The normalized spacial score (nSPS) is 16.6. The van der Waals surface area contributed by atoms with Crippen LogP contribution in [-0.4, -0.2) is 26.1 Å². The van der Waals surface area contributed by atoms with Crippen molar-refractivity contribution in [2.75, 3.05) is 20.3 Å². The first-order chi connectivity index (χ1) is 8.70. The van der Waals surface area contributed by atoms with Crippen molar-refractivity contribution < 1.29 is 14.3 Å². The number of ketones is 1. The maximum Gasteiger partial charge on any atom is 0.163 e. The van der Waals surface area contributed by atoms with Gasteiger partial charge in [0, 0.05) is 25.2 Å². The Kier molecular flexibility index (Phi) is 4.37. The molecule has 0 bridgehead atoms. The van der Waals surface area contributed by atoms with Crippen LogP contribution in [0.2, 0.25) is 0 Å². The number of carbonyl (C=O) groups is 1. The van der Waals surface area contributed by atoms with Gasteiger partial charge in [-0.15, -0.1) is 0 Å². The van der Waals surface area contributed by atoms with Crippen LogP contribution < -0.4 is 4.74 Å². The van der Waals surface area contributed by atoms with Crippen molar-refractivity contribution in [2.24, 2.45) is 5.92 Å². The van der Waals surface area contributed by atoms with E-state index >= 15 is 0 Å². The van der Waals surface area contributed by atoms with Crippen molar-refractivity contribution in [3.63, 3.8) is 0 Å². The van der Waals surface area contributed by atoms with Crippen LogP contribution in [0.1, 0.15) is 35.2 Å². The number of rotatable bonds is 4. The molecule has 1 saturated heterocycles. The first kappa shape index (κ1) is 13.1. The molecule has 18 heavy (non-hydrogen) atoms. The van der Waals surface area contributed by atoms with E-state index in [0.29, 0.717) is 12.3 Å². The van der Waals surface area contributed by atoms with Gasteiger partial charge in [-0.3, -0.25) is 4.79 Å². The fraction of sp³-hybridized carbons (Fsp3) is 0.533. The van der Waals surface area contributed by atoms with Gasteiger partial charge in [0.15, 0.2) is 5.78 Å². The zero-order valence-corrected chi connectivity index (χ0v) is 11.1. The first-order valence-corrected chi connectivity index (χ1v) is 6.46. The second-order valence-electron chi connectivity index (χ2n) is 4.87. The quantitative estimate of drug-likeness (QED) is 0.768. The highest BCUT2D eigenvalue weighted by molar-refractivity contribution is 5.96. The Balaban J connectivity index is 2.01. The molecule has 0 N–H and O–H groups in total. The summed E-state index contributed by atoms with van der Waals surface area (Å²) in [4.78, 5) is 12.2. The van der Waals surface area contributed by atoms with Crippen molar-refractivity contribution in [3.05, 3.63) is 29.3 Å². The molecule has 0 aromatic heterocycles. The van der Waals surface area contributed by atoms with Gasteiger partial charge >= 0.3 is 0 Å². The molecule has 2 rings (SSSR count). The van der Waals surface area contributed by atoms with Crippen molar-refractivity contribution in [1.82, 2.24) is 0 Å². The molecule has 0 aliphatic carbocycles. The van der Waals surface area contributed by atoms with E-state index in [4.69, 9.17) is 9.47 Å². The minimum atomic E-state index is 0.229. The molecule has 0 atom stereocenters. The van der Waals surface area contributed by atoms with E-state index in [-0.39, 0.29) is 5.78 Å². The molecule has 98 valence electrons. The molecular weight excluding hydrogens is 228 g/mol. The Hall–Kier alpha value is -1.35. The van der Waals surface area contributed by atoms with Crippen LogP contribution in [0, 0.1) is 12.8 Å². The minimum absolute atomic E-state index is 0.229. The minimum Gasteiger partial charge on any atom is -0.496 e. The summed E-state index contributed by atoms with van der Waals surface area (Å²) in [5, 5.41) is 0. The summed E-state index contributed by atoms with van der Waals surface area (Å²) >= 11 is 0. The molecule has 1 aliphatic heterocycles. The lowest BCUT2D eigenvalue weighted by atomic mass is 9.91. The summed E-state index contributed by atoms with van der Waals surface area (Å²) in [6, 6.07) is 5.64. The summed E-state index contributed by atoms with van der Waals surface area (Å²) < 4.78 is 10.5. The zero-order chi connectivity index (χ0) is 13.0. The summed E-state index contributed by atoms with van der Waals surface area (Å²) in [6.07, 6.45) is 2.64. The summed E-state index contributed by atoms with van der Waals surface area (Å²) in [6.45, 7) is 3.54. The van der Waals surface area contributed by atoms with Crippen molar-refractivity contribution in [1.29, 1.82) is 0 Å². The van der Waals surface area contributed by atoms with Crippen LogP contribution >= 0.6 is 0 Å². The molecule has 1 heterocycles. The SMILES string of the molecule is COc1ccc(C(=O)CC2CCOCC2)cc1C. The van der Waals surface area contributed by atoms with Crippen LogP contribution in [0.3, 0.4) is 0 Å². The van der Waals surface area contributed by atoms with Gasteiger partial charge in [-0.05, 0) is 49.4 Å². The Labute approximate surface area is 108 Å². The highest BCUT2D eigenvalue weighted by Crippen LogP contribution is 2.23. The van der Waals surface area contributed by atoms with E-state index in [1.807, 2.05) is 25.1 Å². The molecule has 0 amide bonds. The van der Waals surface area contributed by atoms with Crippen LogP contribution in [-0.2, 0) is 4.74 Å². The second-order valence-corrected chi connectivity index (χ2v) is 4.87. The van der Waals surface area contributed by atoms with Gasteiger partial charge in [0.2, 0.25) is 0 Å². The average molecular weight is 248 g/mol. The summed E-state index contributed by atoms with van der Waals surface area (Å²) in [7, 11) is 1.64. The fourth-order valence-electron chi connectivity index (χ4n) is 2.38. The predicted molar refractivity (Wildman–Crippen MR) is 70.2 cm³/mol. The Bertz CT molecular complexity index is 420. The number of benzene rings is 1. The predicted octanol–water partition coefficient (Wildman–Crippen LogP) is 3.00. The number of carbonyl (C=O) groups excluding carboxylic acids is 1. The lowest BCUT2D eigenvalue weighted by Gasteiger charge is -2.21. The molecule has 3 nitrogen and oxygen atoms in total. The maximum absolute atomic E-state index is 12.2. The Morgan fingerprint density at radius 3 is 2.72 bits per heavy atom. The number of ether oxygens (including phenoxy) is 2. The highest BCUT2D eigenvalue weighted by Gasteiger charge is 2.18. The third kappa shape index (κ3) is 3.10. The van der Waals surface area contributed by atoms with E-state index < -0.39 is 0 Å².